The number of phosphoric acid groups is 2. The number of ether oxygens (including phenoxy) is 3. The van der Waals surface area contributed by atoms with Crippen LogP contribution < -0.4 is 0 Å². The van der Waals surface area contributed by atoms with Crippen molar-refractivity contribution in [1.29, 1.82) is 0 Å². The van der Waals surface area contributed by atoms with Crippen LogP contribution in [-0.4, -0.2) is 95.9 Å². The van der Waals surface area contributed by atoms with Crippen molar-refractivity contribution in [2.24, 2.45) is 0 Å². The normalized spacial score (nSPS) is 15.0. The summed E-state index contributed by atoms with van der Waals surface area (Å²) in [7, 11) is -9.78. The molecule has 16 nitrogen and oxygen atoms in total. The zero-order chi connectivity index (χ0) is 63.8. The van der Waals surface area contributed by atoms with Crippen molar-refractivity contribution in [3.05, 3.63) is 109 Å². The van der Waals surface area contributed by atoms with E-state index in [-0.39, 0.29) is 19.3 Å². The first-order valence-electron chi connectivity index (χ1n) is 33.2. The van der Waals surface area contributed by atoms with E-state index in [1.807, 2.05) is 0 Å². The van der Waals surface area contributed by atoms with Crippen LogP contribution in [0.15, 0.2) is 109 Å². The second-order valence-electron chi connectivity index (χ2n) is 21.9. The number of hydrogen-bond acceptors (Lipinski definition) is 14. The van der Waals surface area contributed by atoms with Gasteiger partial charge >= 0.3 is 33.6 Å². The van der Waals surface area contributed by atoms with Crippen molar-refractivity contribution >= 4 is 33.6 Å². The second-order valence-corrected chi connectivity index (χ2v) is 24.8. The Labute approximate surface area is 526 Å². The van der Waals surface area contributed by atoms with Crippen molar-refractivity contribution in [1.82, 2.24) is 0 Å². The molecule has 500 valence electrons. The Bertz CT molecular complexity index is 2030. The van der Waals surface area contributed by atoms with Gasteiger partial charge in [0, 0.05) is 19.3 Å². The SMILES string of the molecule is CC/C=C\C/C=C\C/C=C\C/C=C\C/C=C\CCCCCCCCCC(=O)OCC(O)COP(=O)(O)OCC(O)COP(=O)(O)OCC(COC(=O)CCCCCCCCC/C=C\C/C=C\C/C=C\CC)OC(=O)CCCCCCC/C=C\CCCC. The van der Waals surface area contributed by atoms with Gasteiger partial charge in [-0.05, 0) is 116 Å². The van der Waals surface area contributed by atoms with Crippen LogP contribution in [0.25, 0.3) is 0 Å². The van der Waals surface area contributed by atoms with Gasteiger partial charge < -0.3 is 34.2 Å². The summed E-state index contributed by atoms with van der Waals surface area (Å²) in [5.41, 5.74) is 0. The molecular weight excluding hydrogens is 1150 g/mol. The molecule has 0 saturated carbocycles. The van der Waals surface area contributed by atoms with E-state index < -0.39 is 91.5 Å². The Balaban J connectivity index is 4.56. The highest BCUT2D eigenvalue weighted by molar-refractivity contribution is 7.47. The molecule has 0 radical (unpaired) electrons. The summed E-state index contributed by atoms with van der Waals surface area (Å²) in [6, 6.07) is 0. The number of hydrogen-bond donors (Lipinski definition) is 4. The Kier molecular flexibility index (Phi) is 59.7. The molecule has 0 saturated heterocycles. The quantitative estimate of drug-likeness (QED) is 0.0146. The lowest BCUT2D eigenvalue weighted by atomic mass is 10.1. The lowest BCUT2D eigenvalue weighted by molar-refractivity contribution is -0.161. The molecule has 5 atom stereocenters. The molecule has 0 aromatic rings. The van der Waals surface area contributed by atoms with Crippen LogP contribution in [-0.2, 0) is 55.8 Å². The van der Waals surface area contributed by atoms with E-state index in [1.54, 1.807) is 0 Å². The van der Waals surface area contributed by atoms with Crippen LogP contribution in [0.4, 0.5) is 0 Å². The highest BCUT2D eigenvalue weighted by Gasteiger charge is 2.29. The number of carbonyl (C=O) groups is 3. The maximum Gasteiger partial charge on any atom is 0.472 e. The molecule has 0 bridgehead atoms. The summed E-state index contributed by atoms with van der Waals surface area (Å²) >= 11 is 0. The van der Waals surface area contributed by atoms with Gasteiger partial charge in [0.15, 0.2) is 6.10 Å². The largest absolute Gasteiger partial charge is 0.472 e. The van der Waals surface area contributed by atoms with Gasteiger partial charge in [0.1, 0.15) is 25.4 Å². The van der Waals surface area contributed by atoms with Crippen LogP contribution in [0.1, 0.15) is 252 Å². The Hall–Kier alpha value is -3.79. The molecule has 0 aliphatic carbocycles. The molecule has 0 spiro atoms. The lowest BCUT2D eigenvalue weighted by Gasteiger charge is -2.21. The van der Waals surface area contributed by atoms with E-state index in [2.05, 4.69) is 130 Å². The predicted octanol–water partition coefficient (Wildman–Crippen LogP) is 18.1. The molecule has 0 rings (SSSR count). The molecule has 0 aliphatic rings. The standard InChI is InChI=1S/C69H118O16P2/c1-4-7-10-13-16-19-22-24-26-28-29-30-31-32-33-35-37-38-41-43-46-49-52-55-67(72)79-58-64(70)59-81-86(75,76)82-60-65(71)61-83-87(77,78)84-63-66(85-69(74)57-54-51-48-45-40-21-18-15-12-9-6-3)62-80-68(73)56-53-50-47-44-42-39-36-34-27-25-23-20-17-14-11-8-5-2/h7-8,10-11,15-20,24-27,29-30,32-33,64-66,70-71H,4-6,9,12-14,21-23,28,31,34-63H2,1-3H3,(H,75,76)(H,77,78)/b10-7-,11-8-,18-15-,19-16-,20-17-,26-24-,27-25-,30-29-,33-32-. The van der Waals surface area contributed by atoms with E-state index in [4.69, 9.17) is 32.3 Å². The molecule has 0 fully saturated rings. The monoisotopic (exact) mass is 1260 g/mol. The third kappa shape index (κ3) is 63.6. The number of rotatable bonds is 62. The van der Waals surface area contributed by atoms with Crippen molar-refractivity contribution in [3.63, 3.8) is 0 Å². The zero-order valence-electron chi connectivity index (χ0n) is 53.9. The molecule has 0 aliphatic heterocycles. The number of carbonyl (C=O) groups excluding carboxylic acids is 3. The van der Waals surface area contributed by atoms with Crippen LogP contribution in [0, 0.1) is 0 Å². The smallest absolute Gasteiger partial charge is 0.463 e. The first-order chi connectivity index (χ1) is 42.2. The van der Waals surface area contributed by atoms with E-state index in [1.165, 1.54) is 12.8 Å². The maximum atomic E-state index is 12.8. The van der Waals surface area contributed by atoms with Gasteiger partial charge in [0.25, 0.3) is 0 Å². The average molecular weight is 1270 g/mol. The fraction of sp³-hybridized carbons (Fsp3) is 0.696. The summed E-state index contributed by atoms with van der Waals surface area (Å²) in [5, 5.41) is 20.5. The number of unbranched alkanes of at least 4 members (excludes halogenated alkanes) is 21. The van der Waals surface area contributed by atoms with E-state index in [0.29, 0.717) is 19.3 Å². The molecule has 4 N–H and O–H groups in total. The number of aliphatic hydroxyl groups is 2. The minimum Gasteiger partial charge on any atom is -0.463 e. The van der Waals surface area contributed by atoms with Gasteiger partial charge in [-0.15, -0.1) is 0 Å². The van der Waals surface area contributed by atoms with Crippen LogP contribution in [0.3, 0.4) is 0 Å². The number of phosphoric ester groups is 2. The van der Waals surface area contributed by atoms with Crippen molar-refractivity contribution in [2.45, 2.75) is 270 Å². The average Bonchev–Trinajstić information content (AvgIpc) is 3.57. The maximum absolute atomic E-state index is 12.8. The molecule has 87 heavy (non-hydrogen) atoms. The van der Waals surface area contributed by atoms with Gasteiger partial charge in [-0.1, -0.05) is 226 Å². The summed E-state index contributed by atoms with van der Waals surface area (Å²) in [6.07, 6.45) is 68.7. The fourth-order valence-corrected chi connectivity index (χ4v) is 10.00. The van der Waals surface area contributed by atoms with Crippen LogP contribution in [0.2, 0.25) is 0 Å². The minimum absolute atomic E-state index is 0.0902. The number of esters is 3. The van der Waals surface area contributed by atoms with Gasteiger partial charge in [-0.25, -0.2) is 9.13 Å². The highest BCUT2D eigenvalue weighted by Crippen LogP contribution is 2.45. The van der Waals surface area contributed by atoms with Crippen molar-refractivity contribution < 1.29 is 75.8 Å². The van der Waals surface area contributed by atoms with Crippen molar-refractivity contribution in [2.75, 3.05) is 39.6 Å². The molecule has 5 unspecified atom stereocenters. The highest BCUT2D eigenvalue weighted by atomic mass is 31.2. The molecule has 18 heteroatoms. The Morgan fingerprint density at radius 2 is 0.609 bits per heavy atom. The van der Waals surface area contributed by atoms with Crippen LogP contribution in [0.5, 0.6) is 0 Å². The summed E-state index contributed by atoms with van der Waals surface area (Å²) in [5.74, 6) is -1.61. The number of aliphatic hydroxyl groups excluding tert-OH is 2. The first-order valence-corrected chi connectivity index (χ1v) is 36.2. The third-order valence-corrected chi connectivity index (χ3v) is 15.4. The van der Waals surface area contributed by atoms with E-state index in [0.717, 1.165) is 180 Å². The molecule has 0 amide bonds. The van der Waals surface area contributed by atoms with Gasteiger partial charge in [-0.3, -0.25) is 32.5 Å². The fourth-order valence-electron chi connectivity index (χ4n) is 8.41. The second kappa shape index (κ2) is 62.4. The predicted molar refractivity (Wildman–Crippen MR) is 353 cm³/mol. The number of allylic oxidation sites excluding steroid dienone is 18. The molecule has 0 heterocycles. The Morgan fingerprint density at radius 1 is 0.333 bits per heavy atom. The molecular formula is C69H118O16P2. The van der Waals surface area contributed by atoms with Gasteiger partial charge in [0.05, 0.1) is 26.4 Å². The lowest BCUT2D eigenvalue weighted by Crippen LogP contribution is -2.30. The first kappa shape index (κ1) is 83.2. The van der Waals surface area contributed by atoms with E-state index >= 15 is 0 Å². The molecule has 0 aromatic heterocycles. The summed E-state index contributed by atoms with van der Waals surface area (Å²) in [4.78, 5) is 58.2. The van der Waals surface area contributed by atoms with Gasteiger partial charge in [0.2, 0.25) is 0 Å². The van der Waals surface area contributed by atoms with Crippen LogP contribution >= 0.6 is 15.6 Å². The molecule has 0 aromatic carbocycles. The summed E-state index contributed by atoms with van der Waals surface area (Å²) < 4.78 is 60.7. The van der Waals surface area contributed by atoms with E-state index in [9.17, 15) is 43.5 Å². The topological polar surface area (TPSA) is 231 Å². The Morgan fingerprint density at radius 3 is 0.977 bits per heavy atom. The third-order valence-electron chi connectivity index (χ3n) is 13.5. The zero-order valence-corrected chi connectivity index (χ0v) is 55.7. The minimum atomic E-state index is -4.92. The van der Waals surface area contributed by atoms with Crippen molar-refractivity contribution in [3.8, 4) is 0 Å². The summed E-state index contributed by atoms with van der Waals surface area (Å²) in [6.45, 7) is 2.35. The van der Waals surface area contributed by atoms with Gasteiger partial charge in [-0.2, -0.15) is 0 Å².